The summed E-state index contributed by atoms with van der Waals surface area (Å²) in [6, 6.07) is 2.58. The summed E-state index contributed by atoms with van der Waals surface area (Å²) in [6.07, 6.45) is 2.20. The molecule has 2 aliphatic rings. The molecule has 3 atom stereocenters. The van der Waals surface area contributed by atoms with Crippen molar-refractivity contribution in [2.75, 3.05) is 7.11 Å². The molecule has 14 heteroatoms. The number of primary amides is 1. The largest absolute Gasteiger partial charge is 0.379 e. The number of ether oxygens (including phenoxy) is 1. The molecule has 2 aliphatic carbocycles. The number of carbonyl (C=O) groups is 2. The van der Waals surface area contributed by atoms with Crippen LogP contribution in [-0.4, -0.2) is 61.3 Å². The van der Waals surface area contributed by atoms with E-state index in [-0.39, 0.29) is 74.4 Å². The Morgan fingerprint density at radius 1 is 1.09 bits per heavy atom. The van der Waals surface area contributed by atoms with E-state index in [1.165, 1.54) is 7.11 Å². The molecule has 240 valence electrons. The van der Waals surface area contributed by atoms with Gasteiger partial charge in [-0.3, -0.25) is 14.3 Å². The minimum atomic E-state index is -2.73. The molecule has 2 amide bonds. The molecule has 5 rings (SSSR count). The molecule has 0 spiro atoms. The van der Waals surface area contributed by atoms with Crippen molar-refractivity contribution in [1.82, 2.24) is 29.7 Å². The number of carbonyl (C=O) groups excluding carboxylic acids is 2. The van der Waals surface area contributed by atoms with Crippen molar-refractivity contribution in [3.63, 3.8) is 0 Å². The van der Waals surface area contributed by atoms with Gasteiger partial charge in [0.2, 0.25) is 17.8 Å². The highest BCUT2D eigenvalue weighted by atomic mass is 19.3. The molecule has 3 N–H and O–H groups in total. The van der Waals surface area contributed by atoms with E-state index in [0.717, 1.165) is 0 Å². The van der Waals surface area contributed by atoms with E-state index in [4.69, 9.17) is 20.6 Å². The lowest BCUT2D eigenvalue weighted by Gasteiger charge is -2.35. The van der Waals surface area contributed by atoms with Gasteiger partial charge in [0.1, 0.15) is 5.69 Å². The average Bonchev–Trinajstić information content (AvgIpc) is 3.56. The fourth-order valence-electron chi connectivity index (χ4n) is 6.43. The maximum Gasteiger partial charge on any atom is 0.266 e. The molecule has 2 fully saturated rings. The summed E-state index contributed by atoms with van der Waals surface area (Å²) in [7, 11) is 1.50. The van der Waals surface area contributed by atoms with Crippen molar-refractivity contribution in [3.8, 4) is 0 Å². The molecule has 0 unspecified atom stereocenters. The molecular weight excluding hydrogens is 582 g/mol. The van der Waals surface area contributed by atoms with Gasteiger partial charge in [-0.05, 0) is 57.6 Å². The maximum absolute atomic E-state index is 14.1. The molecule has 0 aromatic carbocycles. The van der Waals surface area contributed by atoms with Crippen LogP contribution >= 0.6 is 0 Å². The van der Waals surface area contributed by atoms with E-state index in [9.17, 15) is 27.2 Å². The number of imidazole rings is 1. The third kappa shape index (κ3) is 6.74. The van der Waals surface area contributed by atoms with E-state index in [1.807, 2.05) is 13.8 Å². The van der Waals surface area contributed by atoms with Gasteiger partial charge in [0, 0.05) is 56.7 Å². The van der Waals surface area contributed by atoms with Crippen LogP contribution in [0.15, 0.2) is 24.5 Å². The zero-order valence-corrected chi connectivity index (χ0v) is 25.3. The summed E-state index contributed by atoms with van der Waals surface area (Å²) in [5.41, 5.74) is 7.99. The molecular formula is C30H39F4N7O3. The highest BCUT2D eigenvalue weighted by Crippen LogP contribution is 2.45. The number of nitrogens with zero attached hydrogens (tertiary/aromatic N) is 5. The van der Waals surface area contributed by atoms with Crippen LogP contribution in [0.25, 0.3) is 5.65 Å². The minimum Gasteiger partial charge on any atom is -0.379 e. The number of hydrogen-bond donors (Lipinski definition) is 2. The number of nitrogens with two attached hydrogens (primary N) is 1. The van der Waals surface area contributed by atoms with Crippen LogP contribution in [0.2, 0.25) is 0 Å². The molecule has 0 radical (unpaired) electrons. The Kier molecular flexibility index (Phi) is 8.76. The van der Waals surface area contributed by atoms with Gasteiger partial charge < -0.3 is 15.8 Å². The highest BCUT2D eigenvalue weighted by Gasteiger charge is 2.46. The Morgan fingerprint density at radius 2 is 1.77 bits per heavy atom. The lowest BCUT2D eigenvalue weighted by molar-refractivity contribution is -0.135. The number of alkyl halides is 4. The van der Waals surface area contributed by atoms with Crippen molar-refractivity contribution in [2.24, 2.45) is 17.6 Å². The van der Waals surface area contributed by atoms with Crippen molar-refractivity contribution >= 4 is 17.5 Å². The van der Waals surface area contributed by atoms with Crippen LogP contribution in [0.3, 0.4) is 0 Å². The molecule has 10 nitrogen and oxygen atoms in total. The topological polar surface area (TPSA) is 129 Å². The number of aromatic nitrogens is 5. The van der Waals surface area contributed by atoms with Crippen molar-refractivity contribution < 1.29 is 31.9 Å². The summed E-state index contributed by atoms with van der Waals surface area (Å²) < 4.78 is 63.5. The van der Waals surface area contributed by atoms with E-state index in [2.05, 4.69) is 10.4 Å². The number of halogens is 4. The second-order valence-electron chi connectivity index (χ2n) is 12.6. The summed E-state index contributed by atoms with van der Waals surface area (Å²) in [4.78, 5) is 29.8. The summed E-state index contributed by atoms with van der Waals surface area (Å²) in [5.74, 6) is -7.52. The Balaban J connectivity index is 1.47. The van der Waals surface area contributed by atoms with Crippen LogP contribution in [0, 0.1) is 11.8 Å². The molecule has 0 bridgehead atoms. The Bertz CT molecular complexity index is 1500. The van der Waals surface area contributed by atoms with Gasteiger partial charge in [0.25, 0.3) is 5.91 Å². The van der Waals surface area contributed by atoms with Crippen LogP contribution in [0.5, 0.6) is 0 Å². The predicted molar refractivity (Wildman–Crippen MR) is 153 cm³/mol. The van der Waals surface area contributed by atoms with Gasteiger partial charge in [0.15, 0.2) is 5.65 Å². The third-order valence-corrected chi connectivity index (χ3v) is 8.89. The molecule has 3 aromatic heterocycles. The van der Waals surface area contributed by atoms with Gasteiger partial charge >= 0.3 is 0 Å². The minimum absolute atomic E-state index is 0.00977. The number of rotatable bonds is 11. The number of hydrogen-bond acceptors (Lipinski definition) is 6. The standard InChI is InChI=1S/C30H39F4N7O3/c1-16(2)41-23(28(35)43)11-21(39-41)26(19-5-7-29(31,32)8-6-19)22-15-40-24(37-22)10-20(14-36-40)27(17(3)44-4)38-25(42)9-18-12-30(33,34)13-18/h10-11,14-19,26-27H,5-9,12-13H2,1-4H3,(H2,35,43)(H,38,42)/t17-,26+,27+/m0/s1. The fourth-order valence-corrected chi connectivity index (χ4v) is 6.43. The van der Waals surface area contributed by atoms with Gasteiger partial charge in [0.05, 0.1) is 35.9 Å². The average molecular weight is 622 g/mol. The van der Waals surface area contributed by atoms with Gasteiger partial charge in [-0.15, -0.1) is 0 Å². The molecule has 0 aliphatic heterocycles. The van der Waals surface area contributed by atoms with E-state index in [0.29, 0.717) is 22.6 Å². The summed E-state index contributed by atoms with van der Waals surface area (Å²) >= 11 is 0. The number of methoxy groups -OCH3 is 1. The van der Waals surface area contributed by atoms with E-state index in [1.54, 1.807) is 40.6 Å². The SMILES string of the molecule is CO[C@@H](C)[C@@H](NC(=O)CC1CC(F)(F)C1)c1cnn2cc([C@@H](c3cc(C(N)=O)n(C(C)C)n3)C3CCC(F)(F)CC3)nc2c1. The first-order valence-corrected chi connectivity index (χ1v) is 15.0. The number of amides is 2. The molecule has 2 saturated carbocycles. The van der Waals surface area contributed by atoms with E-state index >= 15 is 0 Å². The fraction of sp³-hybridized carbons (Fsp3) is 0.633. The maximum atomic E-state index is 14.1. The molecule has 44 heavy (non-hydrogen) atoms. The van der Waals surface area contributed by atoms with Crippen LogP contribution in [0.1, 0.15) is 111 Å². The predicted octanol–water partition coefficient (Wildman–Crippen LogP) is 5.19. The number of fused-ring (bicyclic) bond motifs is 1. The van der Waals surface area contributed by atoms with E-state index < -0.39 is 35.8 Å². The molecule has 3 aromatic rings. The Morgan fingerprint density at radius 3 is 2.34 bits per heavy atom. The first kappa shape index (κ1) is 31.9. The second-order valence-corrected chi connectivity index (χ2v) is 12.6. The van der Waals surface area contributed by atoms with Gasteiger partial charge in [-0.2, -0.15) is 10.2 Å². The lowest BCUT2D eigenvalue weighted by Crippen LogP contribution is -2.41. The second kappa shape index (κ2) is 12.1. The zero-order valence-electron chi connectivity index (χ0n) is 25.3. The summed E-state index contributed by atoms with van der Waals surface area (Å²) in [6.45, 7) is 5.51. The Labute approximate surface area is 252 Å². The number of nitrogens with one attached hydrogen (secondary N) is 1. The van der Waals surface area contributed by atoms with Crippen LogP contribution in [-0.2, 0) is 9.53 Å². The van der Waals surface area contributed by atoms with Gasteiger partial charge in [-0.1, -0.05) is 0 Å². The van der Waals surface area contributed by atoms with Crippen LogP contribution < -0.4 is 11.1 Å². The van der Waals surface area contributed by atoms with Crippen molar-refractivity contribution in [3.05, 3.63) is 47.2 Å². The zero-order chi connectivity index (χ0) is 32.0. The third-order valence-electron chi connectivity index (χ3n) is 8.89. The first-order chi connectivity index (χ1) is 20.7. The van der Waals surface area contributed by atoms with Gasteiger partial charge in [-0.25, -0.2) is 27.1 Å². The molecule has 0 saturated heterocycles. The highest BCUT2D eigenvalue weighted by molar-refractivity contribution is 5.91. The van der Waals surface area contributed by atoms with Crippen molar-refractivity contribution in [1.29, 1.82) is 0 Å². The normalized spacial score (nSPS) is 20.8. The molecule has 3 heterocycles. The van der Waals surface area contributed by atoms with Crippen molar-refractivity contribution in [2.45, 2.75) is 102 Å². The first-order valence-electron chi connectivity index (χ1n) is 15.0. The quantitative estimate of drug-likeness (QED) is 0.284. The van der Waals surface area contributed by atoms with Crippen LogP contribution in [0.4, 0.5) is 17.6 Å². The smallest absolute Gasteiger partial charge is 0.266 e. The monoisotopic (exact) mass is 621 g/mol. The Hall–Kier alpha value is -3.55. The lowest BCUT2D eigenvalue weighted by atomic mass is 9.76. The summed E-state index contributed by atoms with van der Waals surface area (Å²) in [5, 5.41) is 12.1.